The van der Waals surface area contributed by atoms with Crippen LogP contribution in [-0.4, -0.2) is 44.5 Å². The highest BCUT2D eigenvalue weighted by Gasteiger charge is 2.58. The molecule has 1 aromatic carbocycles. The molecule has 3 atom stereocenters. The smallest absolute Gasteiger partial charge is 0.229 e. The van der Waals surface area contributed by atoms with Crippen molar-refractivity contribution in [3.8, 4) is 0 Å². The fourth-order valence-corrected chi connectivity index (χ4v) is 3.85. The van der Waals surface area contributed by atoms with Crippen LogP contribution in [0.5, 0.6) is 0 Å². The van der Waals surface area contributed by atoms with Gasteiger partial charge in [0.05, 0.1) is 5.41 Å². The van der Waals surface area contributed by atoms with Crippen LogP contribution in [0.1, 0.15) is 49.4 Å². The molecule has 2 aromatic rings. The van der Waals surface area contributed by atoms with E-state index in [4.69, 9.17) is 0 Å². The van der Waals surface area contributed by atoms with E-state index in [0.29, 0.717) is 12.5 Å². The average molecular weight is 311 g/mol. The lowest BCUT2D eigenvalue weighted by atomic mass is 9.94. The summed E-state index contributed by atoms with van der Waals surface area (Å²) >= 11 is 0. The highest BCUT2D eigenvalue weighted by atomic mass is 16.2. The Hall–Kier alpha value is -2.24. The van der Waals surface area contributed by atoms with Gasteiger partial charge in [-0.05, 0) is 30.7 Å². The Kier molecular flexibility index (Phi) is 3.39. The molecule has 120 valence electrons. The van der Waals surface area contributed by atoms with Crippen LogP contribution in [0.15, 0.2) is 30.3 Å². The highest BCUT2D eigenvalue weighted by molar-refractivity contribution is 5.87. The Balaban J connectivity index is 1.47. The second kappa shape index (κ2) is 5.44. The molecule has 1 saturated carbocycles. The van der Waals surface area contributed by atoms with Crippen molar-refractivity contribution >= 4 is 5.91 Å². The number of H-pyrrole nitrogens is 1. The molecular formula is C17H21N5O. The molecule has 1 N–H and O–H groups in total. The molecule has 1 aliphatic carbocycles. The number of nitrogens with one attached hydrogen (secondary N) is 1. The number of hydrogen-bond acceptors (Lipinski definition) is 4. The van der Waals surface area contributed by atoms with E-state index in [1.165, 1.54) is 5.56 Å². The first-order valence-corrected chi connectivity index (χ1v) is 8.26. The van der Waals surface area contributed by atoms with Gasteiger partial charge in [-0.25, -0.2) is 0 Å². The Labute approximate surface area is 135 Å². The Morgan fingerprint density at radius 1 is 1.35 bits per heavy atom. The predicted molar refractivity (Wildman–Crippen MR) is 84.6 cm³/mol. The van der Waals surface area contributed by atoms with Gasteiger partial charge in [-0.3, -0.25) is 4.79 Å². The first kappa shape index (κ1) is 14.4. The number of hydrogen-bond donors (Lipinski definition) is 1. The van der Waals surface area contributed by atoms with Gasteiger partial charge >= 0.3 is 0 Å². The van der Waals surface area contributed by atoms with Crippen LogP contribution < -0.4 is 0 Å². The molecule has 0 radical (unpaired) electrons. The first-order chi connectivity index (χ1) is 11.2. The largest absolute Gasteiger partial charge is 0.341 e. The summed E-state index contributed by atoms with van der Waals surface area (Å²) in [6, 6.07) is 10.4. The molecule has 4 rings (SSSR count). The second-order valence-corrected chi connectivity index (χ2v) is 6.95. The topological polar surface area (TPSA) is 74.8 Å². The molecule has 1 saturated heterocycles. The number of piperidine rings is 1. The highest BCUT2D eigenvalue weighted by Crippen LogP contribution is 2.60. The molecule has 1 aromatic heterocycles. The Morgan fingerprint density at radius 2 is 2.17 bits per heavy atom. The third-order valence-corrected chi connectivity index (χ3v) is 5.36. The van der Waals surface area contributed by atoms with Crippen molar-refractivity contribution in [2.24, 2.45) is 5.41 Å². The van der Waals surface area contributed by atoms with Crippen molar-refractivity contribution in [1.29, 1.82) is 0 Å². The zero-order valence-electron chi connectivity index (χ0n) is 13.3. The summed E-state index contributed by atoms with van der Waals surface area (Å²) in [4.78, 5) is 15.1. The Bertz CT molecular complexity index is 686. The maximum absolute atomic E-state index is 13.0. The van der Waals surface area contributed by atoms with Gasteiger partial charge in [0.15, 0.2) is 5.82 Å². The summed E-state index contributed by atoms with van der Waals surface area (Å²) < 4.78 is 0. The van der Waals surface area contributed by atoms with E-state index in [2.05, 4.69) is 39.7 Å². The van der Waals surface area contributed by atoms with Crippen LogP contribution in [0.25, 0.3) is 0 Å². The fraction of sp³-hybridized carbons (Fsp3) is 0.529. The van der Waals surface area contributed by atoms with Gasteiger partial charge in [0.1, 0.15) is 0 Å². The number of benzene rings is 1. The van der Waals surface area contributed by atoms with E-state index < -0.39 is 0 Å². The summed E-state index contributed by atoms with van der Waals surface area (Å²) in [5, 5.41) is 14.3. The predicted octanol–water partition coefficient (Wildman–Crippen LogP) is 2.10. The van der Waals surface area contributed by atoms with Crippen molar-refractivity contribution in [2.75, 3.05) is 13.1 Å². The van der Waals surface area contributed by atoms with E-state index in [-0.39, 0.29) is 17.2 Å². The lowest BCUT2D eigenvalue weighted by molar-refractivity contribution is -0.137. The van der Waals surface area contributed by atoms with Crippen molar-refractivity contribution in [3.63, 3.8) is 0 Å². The lowest BCUT2D eigenvalue weighted by Crippen LogP contribution is -2.43. The minimum absolute atomic E-state index is 0.198. The molecule has 2 aliphatic rings. The van der Waals surface area contributed by atoms with Crippen LogP contribution >= 0.6 is 0 Å². The normalized spacial score (nSPS) is 30.2. The van der Waals surface area contributed by atoms with E-state index in [1.807, 2.05) is 23.1 Å². The van der Waals surface area contributed by atoms with E-state index in [1.54, 1.807) is 0 Å². The number of rotatable bonds is 3. The SMILES string of the molecule is C[C@]1(C(=O)N2CCCC(c3nn[nH]n3)C2)C[C@@H]1c1ccccc1. The minimum Gasteiger partial charge on any atom is -0.341 e. The fourth-order valence-electron chi connectivity index (χ4n) is 3.85. The molecule has 2 fully saturated rings. The maximum atomic E-state index is 13.0. The van der Waals surface area contributed by atoms with Crippen molar-refractivity contribution in [2.45, 2.75) is 38.0 Å². The maximum Gasteiger partial charge on any atom is 0.229 e. The van der Waals surface area contributed by atoms with E-state index in [0.717, 1.165) is 31.6 Å². The number of tetrazole rings is 1. The second-order valence-electron chi connectivity index (χ2n) is 6.95. The van der Waals surface area contributed by atoms with Crippen LogP contribution in [-0.2, 0) is 4.79 Å². The molecular weight excluding hydrogens is 290 g/mol. The van der Waals surface area contributed by atoms with Crippen LogP contribution in [0.4, 0.5) is 0 Å². The molecule has 1 unspecified atom stereocenters. The van der Waals surface area contributed by atoms with Gasteiger partial charge in [-0.1, -0.05) is 42.5 Å². The number of likely N-dealkylation sites (tertiary alicyclic amines) is 1. The monoisotopic (exact) mass is 311 g/mol. The number of aromatic nitrogens is 4. The lowest BCUT2D eigenvalue weighted by Gasteiger charge is -2.33. The zero-order chi connectivity index (χ0) is 15.9. The standard InChI is InChI=1S/C17H21N5O/c1-17(10-14(17)12-6-3-2-4-7-12)16(23)22-9-5-8-13(11-22)15-18-20-21-19-15/h2-4,6-7,13-14H,5,8-11H2,1H3,(H,18,19,20,21)/t13?,14-,17+/m1/s1. The van der Waals surface area contributed by atoms with Gasteiger partial charge in [0.25, 0.3) is 0 Å². The van der Waals surface area contributed by atoms with E-state index in [9.17, 15) is 4.79 Å². The molecule has 2 heterocycles. The van der Waals surface area contributed by atoms with Crippen molar-refractivity contribution in [1.82, 2.24) is 25.5 Å². The molecule has 23 heavy (non-hydrogen) atoms. The molecule has 6 heteroatoms. The van der Waals surface area contributed by atoms with Gasteiger partial charge in [0.2, 0.25) is 5.91 Å². The van der Waals surface area contributed by atoms with Gasteiger partial charge < -0.3 is 4.90 Å². The van der Waals surface area contributed by atoms with Gasteiger partial charge in [-0.15, -0.1) is 10.2 Å². The van der Waals surface area contributed by atoms with E-state index >= 15 is 0 Å². The molecule has 0 bridgehead atoms. The minimum atomic E-state index is -0.250. The summed E-state index contributed by atoms with van der Waals surface area (Å²) in [7, 11) is 0. The summed E-state index contributed by atoms with van der Waals surface area (Å²) in [5.41, 5.74) is 1.02. The quantitative estimate of drug-likeness (QED) is 0.942. The van der Waals surface area contributed by atoms with Crippen LogP contribution in [0, 0.1) is 5.41 Å². The van der Waals surface area contributed by atoms with Crippen molar-refractivity contribution in [3.05, 3.63) is 41.7 Å². The molecule has 0 spiro atoms. The summed E-state index contributed by atoms with van der Waals surface area (Å²) in [6.07, 6.45) is 2.96. The summed E-state index contributed by atoms with van der Waals surface area (Å²) in [5.74, 6) is 1.55. The number of amides is 1. The molecule has 1 amide bonds. The summed E-state index contributed by atoms with van der Waals surface area (Å²) in [6.45, 7) is 3.64. The van der Waals surface area contributed by atoms with Gasteiger partial charge in [0, 0.05) is 19.0 Å². The van der Waals surface area contributed by atoms with Crippen LogP contribution in [0.3, 0.4) is 0 Å². The average Bonchev–Trinajstić information content (AvgIpc) is 3.04. The molecule has 1 aliphatic heterocycles. The van der Waals surface area contributed by atoms with Crippen molar-refractivity contribution < 1.29 is 4.79 Å². The van der Waals surface area contributed by atoms with Gasteiger partial charge in [-0.2, -0.15) is 5.21 Å². The number of nitrogens with zero attached hydrogens (tertiary/aromatic N) is 4. The molecule has 6 nitrogen and oxygen atoms in total. The van der Waals surface area contributed by atoms with Crippen LogP contribution in [0.2, 0.25) is 0 Å². The first-order valence-electron chi connectivity index (χ1n) is 8.26. The third-order valence-electron chi connectivity index (χ3n) is 5.36. The number of carbonyl (C=O) groups excluding carboxylic acids is 1. The number of carbonyl (C=O) groups is 1. The Morgan fingerprint density at radius 3 is 2.91 bits per heavy atom. The third kappa shape index (κ3) is 2.52. The number of aromatic amines is 1. The zero-order valence-corrected chi connectivity index (χ0v) is 13.3.